The Morgan fingerprint density at radius 2 is 0.523 bits per heavy atom. The summed E-state index contributed by atoms with van der Waals surface area (Å²) in [5, 5.41) is 0. The summed E-state index contributed by atoms with van der Waals surface area (Å²) >= 11 is 0. The van der Waals surface area contributed by atoms with Crippen LogP contribution in [0.4, 0.5) is 0 Å². The normalized spacial score (nSPS) is 12.1. The summed E-state index contributed by atoms with van der Waals surface area (Å²) in [6.07, 6.45) is 3.79. The predicted octanol–water partition coefficient (Wildman–Crippen LogP) is 16.6. The zero-order valence-electron chi connectivity index (χ0n) is 37.5. The highest BCUT2D eigenvalue weighted by Gasteiger charge is 2.22. The molecule has 1 fully saturated rings. The Hall–Kier alpha value is -0.300. The van der Waals surface area contributed by atoms with Crippen molar-refractivity contribution in [3.63, 3.8) is 0 Å². The van der Waals surface area contributed by atoms with Crippen molar-refractivity contribution < 1.29 is 4.74 Å². The van der Waals surface area contributed by atoms with E-state index in [-0.39, 0.29) is 0 Å². The van der Waals surface area contributed by atoms with E-state index in [9.17, 15) is 0 Å². The minimum atomic E-state index is 0.625. The summed E-state index contributed by atoms with van der Waals surface area (Å²) < 4.78 is 5.02. The summed E-state index contributed by atoms with van der Waals surface area (Å²) in [5.74, 6) is 8.13. The molecule has 0 aromatic carbocycles. The van der Waals surface area contributed by atoms with Crippen LogP contribution in [0.5, 0.6) is 0 Å². The molecule has 0 aromatic rings. The summed E-state index contributed by atoms with van der Waals surface area (Å²) in [7, 11) is 0. The van der Waals surface area contributed by atoms with E-state index >= 15 is 0 Å². The summed E-state index contributed by atoms with van der Waals surface area (Å²) in [4.78, 5) is 0. The summed E-state index contributed by atoms with van der Waals surface area (Å²) in [5.41, 5.74) is 0. The molecule has 1 unspecified atom stereocenters. The van der Waals surface area contributed by atoms with E-state index in [0.29, 0.717) is 12.0 Å². The van der Waals surface area contributed by atoms with Gasteiger partial charge in [0.15, 0.2) is 0 Å². The Kier molecular flexibility index (Phi) is 82.9. The van der Waals surface area contributed by atoms with E-state index in [2.05, 4.69) is 200 Å². The lowest BCUT2D eigenvalue weighted by Gasteiger charge is -1.95. The van der Waals surface area contributed by atoms with Crippen molar-refractivity contribution in [3.05, 3.63) is 12.7 Å². The maximum Gasteiger partial charge on any atom is 0.0812 e. The fourth-order valence-electron chi connectivity index (χ4n) is 0.730. The van der Waals surface area contributed by atoms with Crippen LogP contribution in [0.3, 0.4) is 0 Å². The van der Waals surface area contributed by atoms with Crippen LogP contribution in [-0.2, 0) is 4.74 Å². The predicted molar refractivity (Wildman–Crippen MR) is 218 cm³/mol. The van der Waals surface area contributed by atoms with Crippen molar-refractivity contribution in [2.45, 2.75) is 206 Å². The monoisotopic (exact) mass is 635 g/mol. The molecule has 0 bridgehead atoms. The SMILES string of the molecule is C=CC(C)C.CC(C)C.CC(C)C.CC(C)C.CC(C)C.CC(C)C.CC(C)C.CC(C)C.CC(C)C.CC(C)CC1CO1. The molecule has 0 amide bonds. The third-order valence-corrected chi connectivity index (χ3v) is 1.61. The first-order valence-corrected chi connectivity index (χ1v) is 18.7. The molecule has 0 aliphatic carbocycles. The lowest BCUT2D eigenvalue weighted by Crippen LogP contribution is -1.92. The molecule has 1 heteroatoms. The second kappa shape index (κ2) is 55.1. The first kappa shape index (κ1) is 66.2. The third kappa shape index (κ3) is 913. The van der Waals surface area contributed by atoms with Crippen LogP contribution in [0, 0.1) is 59.2 Å². The van der Waals surface area contributed by atoms with Crippen molar-refractivity contribution in [2.24, 2.45) is 59.2 Å². The molecule has 1 rings (SSSR count). The molecular weight excluding hydrogens is 532 g/mol. The summed E-state index contributed by atoms with van der Waals surface area (Å²) in [6.45, 7) is 65.2. The highest BCUT2D eigenvalue weighted by Crippen LogP contribution is 2.18. The van der Waals surface area contributed by atoms with Gasteiger partial charge in [0.2, 0.25) is 0 Å². The van der Waals surface area contributed by atoms with Crippen molar-refractivity contribution >= 4 is 0 Å². The molecule has 0 radical (unpaired) electrons. The van der Waals surface area contributed by atoms with Gasteiger partial charge in [-0.25, -0.2) is 0 Å². The average molecular weight is 635 g/mol. The van der Waals surface area contributed by atoms with Gasteiger partial charge in [0.05, 0.1) is 12.7 Å². The molecule has 1 saturated heterocycles. The molecule has 1 aliphatic rings. The maximum atomic E-state index is 5.02. The van der Waals surface area contributed by atoms with Crippen molar-refractivity contribution in [3.8, 4) is 0 Å². The fourth-order valence-corrected chi connectivity index (χ4v) is 0.730. The summed E-state index contributed by atoms with van der Waals surface area (Å²) in [6, 6.07) is 0. The van der Waals surface area contributed by atoms with E-state index < -0.39 is 0 Å². The second-order valence-electron chi connectivity index (χ2n) is 17.9. The lowest BCUT2D eigenvalue weighted by atomic mass is 10.1. The van der Waals surface area contributed by atoms with Crippen LogP contribution in [-0.4, -0.2) is 12.7 Å². The zero-order chi connectivity index (χ0) is 38.2. The molecule has 44 heavy (non-hydrogen) atoms. The maximum absolute atomic E-state index is 5.02. The van der Waals surface area contributed by atoms with E-state index in [1.54, 1.807) is 0 Å². The molecule has 1 aliphatic heterocycles. The van der Waals surface area contributed by atoms with Gasteiger partial charge in [-0.2, -0.15) is 0 Å². The van der Waals surface area contributed by atoms with E-state index in [0.717, 1.165) is 59.9 Å². The van der Waals surface area contributed by atoms with Gasteiger partial charge in [0.25, 0.3) is 0 Å². The van der Waals surface area contributed by atoms with Gasteiger partial charge in [-0.3, -0.25) is 0 Å². The first-order chi connectivity index (χ1) is 19.4. The van der Waals surface area contributed by atoms with Gasteiger partial charge in [0.1, 0.15) is 0 Å². The van der Waals surface area contributed by atoms with Gasteiger partial charge in [-0.15, -0.1) is 6.58 Å². The van der Waals surface area contributed by atoms with E-state index in [4.69, 9.17) is 4.74 Å². The van der Waals surface area contributed by atoms with Gasteiger partial charge < -0.3 is 4.74 Å². The minimum absolute atomic E-state index is 0.625. The number of epoxide rings is 1. The Bertz CT molecular complexity index is 299. The largest absolute Gasteiger partial charge is 0.373 e. The molecule has 0 N–H and O–H groups in total. The highest BCUT2D eigenvalue weighted by molar-refractivity contribution is 4.70. The van der Waals surface area contributed by atoms with Gasteiger partial charge >= 0.3 is 0 Å². The average Bonchev–Trinajstić information content (AvgIpc) is 3.48. The molecule has 1 atom stereocenters. The smallest absolute Gasteiger partial charge is 0.0812 e. The van der Waals surface area contributed by atoms with Crippen LogP contribution >= 0.6 is 0 Å². The van der Waals surface area contributed by atoms with Crippen LogP contribution in [0.15, 0.2) is 12.7 Å². The first-order valence-electron chi connectivity index (χ1n) is 18.7. The number of rotatable bonds is 3. The molecule has 0 aromatic heterocycles. The molecule has 280 valence electrons. The molecule has 1 heterocycles. The van der Waals surface area contributed by atoms with Gasteiger partial charge in [0, 0.05) is 0 Å². The Labute approximate surface area is 289 Å². The van der Waals surface area contributed by atoms with Gasteiger partial charge in [-0.05, 0) is 65.6 Å². The van der Waals surface area contributed by atoms with Crippen LogP contribution < -0.4 is 0 Å². The number of ether oxygens (including phenoxy) is 1. The highest BCUT2D eigenvalue weighted by atomic mass is 16.6. The Morgan fingerprint density at radius 3 is 0.545 bits per heavy atom. The van der Waals surface area contributed by atoms with Crippen LogP contribution in [0.2, 0.25) is 0 Å². The molecular formula is C43H102O. The second-order valence-corrected chi connectivity index (χ2v) is 17.9. The quantitative estimate of drug-likeness (QED) is 0.222. The number of hydrogen-bond acceptors (Lipinski definition) is 1. The lowest BCUT2D eigenvalue weighted by molar-refractivity contribution is 0.370. The van der Waals surface area contributed by atoms with Crippen molar-refractivity contribution in [1.82, 2.24) is 0 Å². The zero-order valence-corrected chi connectivity index (χ0v) is 37.5. The number of hydrogen-bond donors (Lipinski definition) is 0. The number of allylic oxidation sites excluding steroid dienone is 1. The molecule has 0 spiro atoms. The Morgan fingerprint density at radius 1 is 0.409 bits per heavy atom. The van der Waals surface area contributed by atoms with E-state index in [1.165, 1.54) is 6.42 Å². The van der Waals surface area contributed by atoms with Gasteiger partial charge in [-0.1, -0.05) is 200 Å². The van der Waals surface area contributed by atoms with Crippen molar-refractivity contribution in [1.29, 1.82) is 0 Å². The Balaban J connectivity index is -0.0000000446. The van der Waals surface area contributed by atoms with E-state index in [1.807, 2.05) is 6.08 Å². The molecule has 1 nitrogen and oxygen atoms in total. The van der Waals surface area contributed by atoms with Crippen LogP contribution in [0.25, 0.3) is 0 Å². The fraction of sp³-hybridized carbons (Fsp3) is 0.953. The molecule has 0 saturated carbocycles. The topological polar surface area (TPSA) is 12.5 Å². The third-order valence-electron chi connectivity index (χ3n) is 1.61. The standard InChI is InChI=1S/C6H12O.C5H10.8C4H10/c1-5(2)3-6-4-7-6;1-4-5(2)3;8*1-4(2)3/h5-6H,3-4H2,1-2H3;4-5H,1H2,2-3H3;8*4H,1-3H3. The minimum Gasteiger partial charge on any atom is -0.373 e. The van der Waals surface area contributed by atoms with Crippen LogP contribution in [0.1, 0.15) is 200 Å². The van der Waals surface area contributed by atoms with Crippen molar-refractivity contribution in [2.75, 3.05) is 6.61 Å².